The van der Waals surface area contributed by atoms with Gasteiger partial charge in [0.05, 0.1) is 17.9 Å². The molecule has 2 aromatic rings. The standard InChI is InChI=1S/C16H14F3NO2/c1-2-22-12-9-7-11(8-10-12)15(21)20-14-6-4-3-5-13(14)16(17,18)19/h3-10H,2H2,1H3,(H,20,21). The lowest BCUT2D eigenvalue weighted by Crippen LogP contribution is -2.16. The fourth-order valence-electron chi connectivity index (χ4n) is 1.90. The second kappa shape index (κ2) is 6.51. The summed E-state index contributed by atoms with van der Waals surface area (Å²) in [5.74, 6) is -0.0190. The van der Waals surface area contributed by atoms with Gasteiger partial charge in [-0.3, -0.25) is 4.79 Å². The maximum absolute atomic E-state index is 12.9. The van der Waals surface area contributed by atoms with Crippen molar-refractivity contribution in [3.8, 4) is 5.75 Å². The molecule has 0 fully saturated rings. The van der Waals surface area contributed by atoms with Gasteiger partial charge in [0.1, 0.15) is 5.75 Å². The number of hydrogen-bond donors (Lipinski definition) is 1. The summed E-state index contributed by atoms with van der Waals surface area (Å²) in [6.07, 6.45) is -4.53. The minimum atomic E-state index is -4.53. The zero-order valence-electron chi connectivity index (χ0n) is 11.8. The number of rotatable bonds is 4. The molecular formula is C16H14F3NO2. The molecule has 116 valence electrons. The number of halogens is 3. The van der Waals surface area contributed by atoms with Gasteiger partial charge in [0.2, 0.25) is 0 Å². The van der Waals surface area contributed by atoms with Crippen LogP contribution < -0.4 is 10.1 Å². The van der Waals surface area contributed by atoms with Crippen LogP contribution >= 0.6 is 0 Å². The van der Waals surface area contributed by atoms with Crippen molar-refractivity contribution >= 4 is 11.6 Å². The third-order valence-corrected chi connectivity index (χ3v) is 2.91. The summed E-state index contributed by atoms with van der Waals surface area (Å²) >= 11 is 0. The van der Waals surface area contributed by atoms with E-state index >= 15 is 0 Å². The number of benzene rings is 2. The van der Waals surface area contributed by atoms with Gasteiger partial charge in [-0.25, -0.2) is 0 Å². The minimum Gasteiger partial charge on any atom is -0.494 e. The number of nitrogens with one attached hydrogen (secondary N) is 1. The van der Waals surface area contributed by atoms with Gasteiger partial charge < -0.3 is 10.1 Å². The van der Waals surface area contributed by atoms with Gasteiger partial charge in [0.15, 0.2) is 0 Å². The van der Waals surface area contributed by atoms with Crippen LogP contribution in [0.2, 0.25) is 0 Å². The lowest BCUT2D eigenvalue weighted by molar-refractivity contribution is -0.136. The van der Waals surface area contributed by atoms with Gasteiger partial charge in [0.25, 0.3) is 5.91 Å². The van der Waals surface area contributed by atoms with Crippen LogP contribution in [0.5, 0.6) is 5.75 Å². The molecule has 0 heterocycles. The summed E-state index contributed by atoms with van der Waals surface area (Å²) in [7, 11) is 0. The van der Waals surface area contributed by atoms with Crippen LogP contribution in [0.4, 0.5) is 18.9 Å². The number of para-hydroxylation sites is 1. The van der Waals surface area contributed by atoms with Gasteiger partial charge >= 0.3 is 6.18 Å². The SMILES string of the molecule is CCOc1ccc(C(=O)Nc2ccccc2C(F)(F)F)cc1. The first kappa shape index (κ1) is 15.9. The maximum atomic E-state index is 12.9. The summed E-state index contributed by atoms with van der Waals surface area (Å²) in [6, 6.07) is 11.0. The van der Waals surface area contributed by atoms with Crippen LogP contribution in [0, 0.1) is 0 Å². The lowest BCUT2D eigenvalue weighted by Gasteiger charge is -2.13. The van der Waals surface area contributed by atoms with Crippen LogP contribution in [-0.4, -0.2) is 12.5 Å². The summed E-state index contributed by atoms with van der Waals surface area (Å²) in [5.41, 5.74) is -0.899. The summed E-state index contributed by atoms with van der Waals surface area (Å²) in [5, 5.41) is 2.29. The summed E-state index contributed by atoms with van der Waals surface area (Å²) in [4.78, 5) is 12.0. The molecule has 2 rings (SSSR count). The van der Waals surface area contributed by atoms with Crippen molar-refractivity contribution in [1.82, 2.24) is 0 Å². The molecule has 0 unspecified atom stereocenters. The maximum Gasteiger partial charge on any atom is 0.418 e. The fraction of sp³-hybridized carbons (Fsp3) is 0.188. The van der Waals surface area contributed by atoms with E-state index in [1.54, 1.807) is 12.1 Å². The Hall–Kier alpha value is -2.50. The quantitative estimate of drug-likeness (QED) is 0.911. The summed E-state index contributed by atoms with van der Waals surface area (Å²) < 4.78 is 43.9. The zero-order chi connectivity index (χ0) is 16.2. The number of anilines is 1. The molecule has 22 heavy (non-hydrogen) atoms. The van der Waals surface area contributed by atoms with Gasteiger partial charge in [-0.1, -0.05) is 12.1 Å². The van der Waals surface area contributed by atoms with E-state index in [0.717, 1.165) is 6.07 Å². The molecule has 0 atom stereocenters. The molecule has 0 radical (unpaired) electrons. The second-order valence-electron chi connectivity index (χ2n) is 4.45. The summed E-state index contributed by atoms with van der Waals surface area (Å²) in [6.45, 7) is 2.32. The topological polar surface area (TPSA) is 38.3 Å². The van der Waals surface area contributed by atoms with E-state index < -0.39 is 17.6 Å². The van der Waals surface area contributed by atoms with E-state index in [-0.39, 0.29) is 11.3 Å². The molecule has 0 aliphatic carbocycles. The lowest BCUT2D eigenvalue weighted by atomic mass is 10.1. The van der Waals surface area contributed by atoms with E-state index in [1.807, 2.05) is 6.92 Å². The van der Waals surface area contributed by atoms with Crippen LogP contribution in [0.25, 0.3) is 0 Å². The molecule has 0 aromatic heterocycles. The average molecular weight is 309 g/mol. The van der Waals surface area contributed by atoms with Crippen molar-refractivity contribution in [2.24, 2.45) is 0 Å². The molecule has 3 nitrogen and oxygen atoms in total. The minimum absolute atomic E-state index is 0.250. The molecule has 0 aliphatic heterocycles. The van der Waals surface area contributed by atoms with E-state index in [1.165, 1.54) is 30.3 Å². The Labute approximate surface area is 125 Å². The highest BCUT2D eigenvalue weighted by atomic mass is 19.4. The normalized spacial score (nSPS) is 11.1. The number of carbonyl (C=O) groups excluding carboxylic acids is 1. The highest BCUT2D eigenvalue weighted by molar-refractivity contribution is 6.04. The first-order valence-electron chi connectivity index (χ1n) is 6.62. The molecule has 0 spiro atoms. The molecule has 0 aliphatic rings. The first-order valence-corrected chi connectivity index (χ1v) is 6.62. The van der Waals surface area contributed by atoms with E-state index in [2.05, 4.69) is 5.32 Å². The van der Waals surface area contributed by atoms with Crippen molar-refractivity contribution in [3.63, 3.8) is 0 Å². The number of ether oxygens (including phenoxy) is 1. The number of hydrogen-bond acceptors (Lipinski definition) is 2. The van der Waals surface area contributed by atoms with Crippen LogP contribution in [0.1, 0.15) is 22.8 Å². The number of amides is 1. The van der Waals surface area contributed by atoms with Crippen LogP contribution in [-0.2, 0) is 6.18 Å². The molecular weight excluding hydrogens is 295 g/mol. The van der Waals surface area contributed by atoms with Crippen molar-refractivity contribution in [3.05, 3.63) is 59.7 Å². The van der Waals surface area contributed by atoms with Gasteiger partial charge in [-0.15, -0.1) is 0 Å². The van der Waals surface area contributed by atoms with E-state index in [9.17, 15) is 18.0 Å². The molecule has 0 saturated heterocycles. The zero-order valence-corrected chi connectivity index (χ0v) is 11.8. The molecule has 0 bridgehead atoms. The monoisotopic (exact) mass is 309 g/mol. The predicted molar refractivity (Wildman–Crippen MR) is 77.0 cm³/mol. The Morgan fingerprint density at radius 3 is 2.32 bits per heavy atom. The Bertz CT molecular complexity index is 651. The van der Waals surface area contributed by atoms with Crippen molar-refractivity contribution in [1.29, 1.82) is 0 Å². The molecule has 0 saturated carbocycles. The fourth-order valence-corrected chi connectivity index (χ4v) is 1.90. The predicted octanol–water partition coefficient (Wildman–Crippen LogP) is 4.36. The third-order valence-electron chi connectivity index (χ3n) is 2.91. The van der Waals surface area contributed by atoms with Crippen molar-refractivity contribution in [2.45, 2.75) is 13.1 Å². The largest absolute Gasteiger partial charge is 0.494 e. The Morgan fingerprint density at radius 1 is 1.09 bits per heavy atom. The van der Waals surface area contributed by atoms with Gasteiger partial charge in [-0.05, 0) is 43.3 Å². The average Bonchev–Trinajstić information content (AvgIpc) is 2.48. The number of carbonyl (C=O) groups is 1. The second-order valence-corrected chi connectivity index (χ2v) is 4.45. The smallest absolute Gasteiger partial charge is 0.418 e. The third kappa shape index (κ3) is 3.78. The van der Waals surface area contributed by atoms with Crippen molar-refractivity contribution < 1.29 is 22.7 Å². The van der Waals surface area contributed by atoms with E-state index in [0.29, 0.717) is 12.4 Å². The van der Waals surface area contributed by atoms with Crippen LogP contribution in [0.3, 0.4) is 0 Å². The number of alkyl halides is 3. The highest BCUT2D eigenvalue weighted by Crippen LogP contribution is 2.34. The van der Waals surface area contributed by atoms with E-state index in [4.69, 9.17) is 4.74 Å². The molecule has 1 N–H and O–H groups in total. The Kier molecular flexibility index (Phi) is 4.70. The van der Waals surface area contributed by atoms with Gasteiger partial charge in [0, 0.05) is 5.56 Å². The van der Waals surface area contributed by atoms with Gasteiger partial charge in [-0.2, -0.15) is 13.2 Å². The van der Waals surface area contributed by atoms with Crippen LogP contribution in [0.15, 0.2) is 48.5 Å². The Balaban J connectivity index is 2.19. The Morgan fingerprint density at radius 2 is 1.73 bits per heavy atom. The first-order chi connectivity index (χ1) is 10.4. The molecule has 6 heteroatoms. The highest BCUT2D eigenvalue weighted by Gasteiger charge is 2.33. The van der Waals surface area contributed by atoms with Crippen molar-refractivity contribution in [2.75, 3.05) is 11.9 Å². The molecule has 1 amide bonds. The molecule has 2 aromatic carbocycles.